The van der Waals surface area contributed by atoms with E-state index in [0.29, 0.717) is 30.4 Å². The zero-order valence-corrected chi connectivity index (χ0v) is 14.1. The lowest BCUT2D eigenvalue weighted by Gasteiger charge is -2.11. The normalized spacial score (nSPS) is 10.7. The summed E-state index contributed by atoms with van der Waals surface area (Å²) in [5.41, 5.74) is 1.83. The Balaban J connectivity index is 1.97. The molecule has 0 atom stereocenters. The van der Waals surface area contributed by atoms with Crippen molar-refractivity contribution in [2.24, 2.45) is 0 Å². The molecule has 0 spiro atoms. The zero-order valence-electron chi connectivity index (χ0n) is 14.1. The van der Waals surface area contributed by atoms with E-state index in [0.717, 1.165) is 12.1 Å². The maximum absolute atomic E-state index is 12.9. The first-order valence-corrected chi connectivity index (χ1v) is 7.71. The number of anilines is 1. The van der Waals surface area contributed by atoms with Gasteiger partial charge in [0.2, 0.25) is 5.95 Å². The van der Waals surface area contributed by atoms with Crippen LogP contribution in [0.15, 0.2) is 30.3 Å². The van der Waals surface area contributed by atoms with E-state index in [1.807, 2.05) is 25.9 Å². The van der Waals surface area contributed by atoms with Gasteiger partial charge in [0, 0.05) is 25.3 Å². The van der Waals surface area contributed by atoms with Crippen LogP contribution in [0.3, 0.4) is 0 Å². The highest BCUT2D eigenvalue weighted by atomic mass is 19.1. The lowest BCUT2D eigenvalue weighted by molar-refractivity contribution is 0.0945. The number of likely N-dealkylation sites (N-methyl/N-ethyl adjacent to an activating group) is 1. The molecule has 1 amide bonds. The fraction of sp³-hybridized carbons (Fsp3) is 0.353. The molecule has 24 heavy (non-hydrogen) atoms. The molecule has 2 N–H and O–H groups in total. The molecule has 0 radical (unpaired) electrons. The summed E-state index contributed by atoms with van der Waals surface area (Å²) in [6, 6.07) is 7.63. The average Bonchev–Trinajstić information content (AvgIpc) is 2.53. The molecular weight excluding hydrogens is 309 g/mol. The number of hydrogen-bond acceptors (Lipinski definition) is 5. The minimum Gasteiger partial charge on any atom is -0.353 e. The number of aryl methyl sites for hydroxylation is 1. The number of halogens is 1. The Labute approximate surface area is 141 Å². The van der Waals surface area contributed by atoms with E-state index in [4.69, 9.17) is 0 Å². The fourth-order valence-corrected chi connectivity index (χ4v) is 2.03. The number of nitrogens with zero attached hydrogens (tertiary/aromatic N) is 3. The molecule has 0 aliphatic heterocycles. The van der Waals surface area contributed by atoms with Crippen molar-refractivity contribution in [1.29, 1.82) is 0 Å². The van der Waals surface area contributed by atoms with E-state index in [2.05, 4.69) is 20.6 Å². The molecular formula is C17H22FN5O. The van der Waals surface area contributed by atoms with E-state index in [-0.39, 0.29) is 11.7 Å². The minimum absolute atomic E-state index is 0.291. The molecule has 0 aliphatic carbocycles. The molecule has 7 heteroatoms. The first kappa shape index (κ1) is 17.8. The van der Waals surface area contributed by atoms with Gasteiger partial charge in [-0.25, -0.2) is 14.4 Å². The van der Waals surface area contributed by atoms with Crippen molar-refractivity contribution in [3.63, 3.8) is 0 Å². The molecule has 128 valence electrons. The maximum Gasteiger partial charge on any atom is 0.270 e. The van der Waals surface area contributed by atoms with Crippen LogP contribution in [0.5, 0.6) is 0 Å². The summed E-state index contributed by atoms with van der Waals surface area (Å²) in [6.07, 6.45) is 0. The van der Waals surface area contributed by atoms with E-state index >= 15 is 0 Å². The molecule has 0 fully saturated rings. The molecule has 0 aliphatic rings. The minimum atomic E-state index is -0.301. The lowest BCUT2D eigenvalue weighted by Crippen LogP contribution is -2.25. The lowest BCUT2D eigenvalue weighted by atomic mass is 10.2. The molecule has 2 aromatic rings. The Hall–Kier alpha value is -2.54. The van der Waals surface area contributed by atoms with Gasteiger partial charge >= 0.3 is 0 Å². The summed E-state index contributed by atoms with van der Waals surface area (Å²) >= 11 is 0. The van der Waals surface area contributed by atoms with Crippen molar-refractivity contribution in [2.75, 3.05) is 32.5 Å². The molecule has 1 aromatic carbocycles. The summed E-state index contributed by atoms with van der Waals surface area (Å²) in [5.74, 6) is -0.158. The Bertz CT molecular complexity index is 688. The monoisotopic (exact) mass is 331 g/mol. The Morgan fingerprint density at radius 1 is 1.21 bits per heavy atom. The Morgan fingerprint density at radius 2 is 1.92 bits per heavy atom. The highest BCUT2D eigenvalue weighted by Crippen LogP contribution is 2.06. The van der Waals surface area contributed by atoms with Crippen molar-refractivity contribution in [2.45, 2.75) is 13.5 Å². The van der Waals surface area contributed by atoms with Gasteiger partial charge in [0.05, 0.1) is 0 Å². The quantitative estimate of drug-likeness (QED) is 0.810. The molecule has 0 unspecified atom stereocenters. The predicted molar refractivity (Wildman–Crippen MR) is 91.4 cm³/mol. The van der Waals surface area contributed by atoms with Crippen LogP contribution in [-0.2, 0) is 6.54 Å². The molecule has 0 saturated carbocycles. The van der Waals surface area contributed by atoms with Crippen LogP contribution in [0, 0.1) is 12.7 Å². The standard InChI is InChI=1S/C17H22FN5O/c1-12-10-15(22-17(21-12)19-8-9-23(2)3)16(24)20-11-13-4-6-14(18)7-5-13/h4-7,10H,8-9,11H2,1-3H3,(H,20,24)(H,19,21,22). The highest BCUT2D eigenvalue weighted by molar-refractivity contribution is 5.92. The van der Waals surface area contributed by atoms with E-state index in [1.54, 1.807) is 18.2 Å². The van der Waals surface area contributed by atoms with Gasteiger partial charge in [-0.3, -0.25) is 4.79 Å². The molecule has 6 nitrogen and oxygen atoms in total. The zero-order chi connectivity index (χ0) is 17.5. The second-order valence-electron chi connectivity index (χ2n) is 5.76. The first-order chi connectivity index (χ1) is 11.4. The predicted octanol–water partition coefficient (Wildman–Crippen LogP) is 1.83. The molecule has 2 rings (SSSR count). The summed E-state index contributed by atoms with van der Waals surface area (Å²) in [7, 11) is 3.96. The van der Waals surface area contributed by atoms with Crippen molar-refractivity contribution < 1.29 is 9.18 Å². The second-order valence-corrected chi connectivity index (χ2v) is 5.76. The number of amides is 1. The molecule has 0 bridgehead atoms. The van der Waals surface area contributed by atoms with Gasteiger partial charge < -0.3 is 15.5 Å². The van der Waals surface area contributed by atoms with Gasteiger partial charge in [-0.1, -0.05) is 12.1 Å². The van der Waals surface area contributed by atoms with E-state index < -0.39 is 0 Å². The summed E-state index contributed by atoms with van der Waals surface area (Å²) < 4.78 is 12.9. The third-order valence-corrected chi connectivity index (χ3v) is 3.30. The summed E-state index contributed by atoms with van der Waals surface area (Å²) in [6.45, 7) is 3.65. The smallest absolute Gasteiger partial charge is 0.270 e. The Morgan fingerprint density at radius 3 is 2.58 bits per heavy atom. The Kier molecular flexibility index (Phi) is 6.20. The number of carbonyl (C=O) groups is 1. The van der Waals surface area contributed by atoms with Crippen molar-refractivity contribution in [1.82, 2.24) is 20.2 Å². The van der Waals surface area contributed by atoms with Crippen LogP contribution in [0.2, 0.25) is 0 Å². The molecule has 1 heterocycles. The molecule has 0 saturated heterocycles. The van der Waals surface area contributed by atoms with Gasteiger partial charge in [0.25, 0.3) is 5.91 Å². The number of aromatic nitrogens is 2. The molecule has 1 aromatic heterocycles. The summed E-state index contributed by atoms with van der Waals surface area (Å²) in [5, 5.41) is 5.88. The van der Waals surface area contributed by atoms with Crippen LogP contribution >= 0.6 is 0 Å². The topological polar surface area (TPSA) is 70.2 Å². The largest absolute Gasteiger partial charge is 0.353 e. The number of carbonyl (C=O) groups excluding carboxylic acids is 1. The number of benzene rings is 1. The third-order valence-electron chi connectivity index (χ3n) is 3.30. The number of rotatable bonds is 7. The van der Waals surface area contributed by atoms with Crippen LogP contribution in [0.4, 0.5) is 10.3 Å². The fourth-order valence-electron chi connectivity index (χ4n) is 2.03. The van der Waals surface area contributed by atoms with Crippen LogP contribution in [0.25, 0.3) is 0 Å². The van der Waals surface area contributed by atoms with Gasteiger partial charge in [-0.05, 0) is 44.8 Å². The third kappa shape index (κ3) is 5.58. The van der Waals surface area contributed by atoms with Gasteiger partial charge in [-0.2, -0.15) is 0 Å². The van der Waals surface area contributed by atoms with Crippen LogP contribution in [0.1, 0.15) is 21.7 Å². The maximum atomic E-state index is 12.9. The van der Waals surface area contributed by atoms with Gasteiger partial charge in [-0.15, -0.1) is 0 Å². The van der Waals surface area contributed by atoms with Crippen molar-refractivity contribution >= 4 is 11.9 Å². The first-order valence-electron chi connectivity index (χ1n) is 7.71. The van der Waals surface area contributed by atoms with Crippen LogP contribution in [-0.4, -0.2) is 48.0 Å². The summed E-state index contributed by atoms with van der Waals surface area (Å²) in [4.78, 5) is 22.8. The average molecular weight is 331 g/mol. The van der Waals surface area contributed by atoms with E-state index in [1.165, 1.54) is 12.1 Å². The second kappa shape index (κ2) is 8.35. The van der Waals surface area contributed by atoms with Gasteiger partial charge in [0.1, 0.15) is 11.5 Å². The highest BCUT2D eigenvalue weighted by Gasteiger charge is 2.10. The van der Waals surface area contributed by atoms with Gasteiger partial charge in [0.15, 0.2) is 0 Å². The number of hydrogen-bond donors (Lipinski definition) is 2. The van der Waals surface area contributed by atoms with Crippen molar-refractivity contribution in [3.8, 4) is 0 Å². The van der Waals surface area contributed by atoms with Crippen LogP contribution < -0.4 is 10.6 Å². The van der Waals surface area contributed by atoms with Crippen molar-refractivity contribution in [3.05, 3.63) is 53.1 Å². The SMILES string of the molecule is Cc1cc(C(=O)NCc2ccc(F)cc2)nc(NCCN(C)C)n1. The number of nitrogens with one attached hydrogen (secondary N) is 2. The van der Waals surface area contributed by atoms with E-state index in [9.17, 15) is 9.18 Å².